The highest BCUT2D eigenvalue weighted by Crippen LogP contribution is 2.29. The van der Waals surface area contributed by atoms with E-state index < -0.39 is 5.97 Å². The Morgan fingerprint density at radius 1 is 1.22 bits per heavy atom. The maximum atomic E-state index is 12.5. The number of aromatic nitrogens is 1. The molecule has 0 fully saturated rings. The summed E-state index contributed by atoms with van der Waals surface area (Å²) < 4.78 is 11.1. The Labute approximate surface area is 158 Å². The standard InChI is InChI=1S/C21H25NO5/c1-12(2)11-27-18-10-15(7-9-17(18)26-5)6-8-16(23)19-13(3)20(21(24)25)22-14(19)4/h6-10,12,22H,11H2,1-5H3,(H,24,25)/p-1/b8-6+. The second-order valence-electron chi connectivity index (χ2n) is 6.73. The van der Waals surface area contributed by atoms with Gasteiger partial charge in [-0.05, 0) is 49.1 Å². The number of benzene rings is 1. The van der Waals surface area contributed by atoms with Gasteiger partial charge < -0.3 is 24.4 Å². The Morgan fingerprint density at radius 3 is 2.48 bits per heavy atom. The molecule has 0 radical (unpaired) electrons. The third-order valence-corrected chi connectivity index (χ3v) is 4.08. The van der Waals surface area contributed by atoms with Crippen molar-refractivity contribution in [3.05, 3.63) is 52.4 Å². The number of ether oxygens (including phenoxy) is 2. The molecule has 6 heteroatoms. The van der Waals surface area contributed by atoms with Gasteiger partial charge in [0.15, 0.2) is 17.3 Å². The summed E-state index contributed by atoms with van der Waals surface area (Å²) >= 11 is 0. The van der Waals surface area contributed by atoms with Gasteiger partial charge in [0.05, 0.1) is 25.4 Å². The van der Waals surface area contributed by atoms with E-state index in [4.69, 9.17) is 9.47 Å². The molecule has 0 aliphatic carbocycles. The topological polar surface area (TPSA) is 91.5 Å². The highest BCUT2D eigenvalue weighted by atomic mass is 16.5. The van der Waals surface area contributed by atoms with Gasteiger partial charge in [0, 0.05) is 11.3 Å². The molecule has 0 bridgehead atoms. The Bertz CT molecular complexity index is 877. The monoisotopic (exact) mass is 370 g/mol. The molecule has 0 saturated carbocycles. The maximum absolute atomic E-state index is 12.5. The number of hydrogen-bond donors (Lipinski definition) is 1. The molecule has 0 amide bonds. The summed E-state index contributed by atoms with van der Waals surface area (Å²) in [6.07, 6.45) is 3.07. The zero-order chi connectivity index (χ0) is 20.1. The molecule has 0 saturated heterocycles. The van der Waals surface area contributed by atoms with Gasteiger partial charge in [-0.1, -0.05) is 26.0 Å². The first-order valence-electron chi connectivity index (χ1n) is 8.68. The highest BCUT2D eigenvalue weighted by molar-refractivity contribution is 6.10. The second kappa shape index (κ2) is 8.58. The van der Waals surface area contributed by atoms with Crippen molar-refractivity contribution in [3.8, 4) is 11.5 Å². The van der Waals surface area contributed by atoms with Crippen LogP contribution in [0.25, 0.3) is 6.08 Å². The smallest absolute Gasteiger partial charge is 0.187 e. The van der Waals surface area contributed by atoms with Gasteiger partial charge in [-0.2, -0.15) is 0 Å². The van der Waals surface area contributed by atoms with Crippen LogP contribution in [0.4, 0.5) is 0 Å². The van der Waals surface area contributed by atoms with E-state index in [0.717, 1.165) is 5.56 Å². The number of methoxy groups -OCH3 is 1. The van der Waals surface area contributed by atoms with E-state index in [1.807, 2.05) is 6.07 Å². The van der Waals surface area contributed by atoms with Crippen LogP contribution in [0.1, 0.15) is 51.5 Å². The molecule has 2 aromatic rings. The van der Waals surface area contributed by atoms with E-state index in [0.29, 0.717) is 40.8 Å². The van der Waals surface area contributed by atoms with Gasteiger partial charge >= 0.3 is 0 Å². The minimum Gasteiger partial charge on any atom is -0.543 e. The van der Waals surface area contributed by atoms with Crippen molar-refractivity contribution < 1.29 is 24.2 Å². The van der Waals surface area contributed by atoms with Crippen molar-refractivity contribution in [2.75, 3.05) is 13.7 Å². The van der Waals surface area contributed by atoms with E-state index in [2.05, 4.69) is 18.8 Å². The van der Waals surface area contributed by atoms with Crippen molar-refractivity contribution in [2.45, 2.75) is 27.7 Å². The summed E-state index contributed by atoms with van der Waals surface area (Å²) in [5.74, 6) is -0.0213. The fraction of sp³-hybridized carbons (Fsp3) is 0.333. The zero-order valence-electron chi connectivity index (χ0n) is 16.2. The summed E-state index contributed by atoms with van der Waals surface area (Å²) in [5, 5.41) is 11.1. The van der Waals surface area contributed by atoms with Crippen LogP contribution in [-0.2, 0) is 0 Å². The molecule has 1 aromatic carbocycles. The lowest BCUT2D eigenvalue weighted by molar-refractivity contribution is -0.255. The van der Waals surface area contributed by atoms with Gasteiger partial charge in [-0.15, -0.1) is 0 Å². The minimum absolute atomic E-state index is 0.0712. The first-order chi connectivity index (χ1) is 12.7. The number of nitrogens with one attached hydrogen (secondary N) is 1. The van der Waals surface area contributed by atoms with Crippen molar-refractivity contribution >= 4 is 17.8 Å². The number of H-pyrrole nitrogens is 1. The van der Waals surface area contributed by atoms with Crippen LogP contribution in [0, 0.1) is 19.8 Å². The summed E-state index contributed by atoms with van der Waals surface area (Å²) in [6, 6.07) is 5.39. The van der Waals surface area contributed by atoms with E-state index in [1.54, 1.807) is 39.2 Å². The average Bonchev–Trinajstić information content (AvgIpc) is 2.92. The van der Waals surface area contributed by atoms with Crippen LogP contribution in [0.2, 0.25) is 0 Å². The van der Waals surface area contributed by atoms with Crippen LogP contribution in [0.3, 0.4) is 0 Å². The lowest BCUT2D eigenvalue weighted by Gasteiger charge is -2.13. The van der Waals surface area contributed by atoms with Crippen LogP contribution >= 0.6 is 0 Å². The van der Waals surface area contributed by atoms with E-state index in [-0.39, 0.29) is 11.5 Å². The van der Waals surface area contributed by atoms with Crippen LogP contribution in [0.5, 0.6) is 11.5 Å². The minimum atomic E-state index is -1.33. The molecule has 6 nitrogen and oxygen atoms in total. The summed E-state index contributed by atoms with van der Waals surface area (Å²) in [6.45, 7) is 7.90. The number of carboxylic acids is 1. The molecule has 27 heavy (non-hydrogen) atoms. The van der Waals surface area contributed by atoms with Crippen molar-refractivity contribution in [1.82, 2.24) is 4.98 Å². The average molecular weight is 370 g/mol. The summed E-state index contributed by atoms with van der Waals surface area (Å²) in [5.41, 5.74) is 1.91. The fourth-order valence-corrected chi connectivity index (χ4v) is 2.75. The van der Waals surface area contributed by atoms with Gasteiger partial charge in [-0.25, -0.2) is 0 Å². The highest BCUT2D eigenvalue weighted by Gasteiger charge is 2.16. The lowest BCUT2D eigenvalue weighted by atomic mass is 10.0. The molecule has 1 N–H and O–H groups in total. The predicted molar refractivity (Wildman–Crippen MR) is 101 cm³/mol. The van der Waals surface area contributed by atoms with Crippen molar-refractivity contribution in [1.29, 1.82) is 0 Å². The number of carboxylic acid groups (broad SMARTS) is 1. The number of ketones is 1. The molecule has 2 rings (SSSR count). The number of carbonyl (C=O) groups excluding carboxylic acids is 2. The Morgan fingerprint density at radius 2 is 1.93 bits per heavy atom. The molecule has 144 valence electrons. The van der Waals surface area contributed by atoms with Gasteiger partial charge in [0.2, 0.25) is 0 Å². The Kier molecular flexibility index (Phi) is 6.45. The Hall–Kier alpha value is -3.02. The molecular weight excluding hydrogens is 346 g/mol. The van der Waals surface area contributed by atoms with Crippen LogP contribution < -0.4 is 14.6 Å². The quantitative estimate of drug-likeness (QED) is 0.570. The second-order valence-corrected chi connectivity index (χ2v) is 6.73. The molecule has 0 aliphatic rings. The van der Waals surface area contributed by atoms with E-state index >= 15 is 0 Å². The fourth-order valence-electron chi connectivity index (χ4n) is 2.75. The molecule has 0 aliphatic heterocycles. The van der Waals surface area contributed by atoms with Crippen molar-refractivity contribution in [3.63, 3.8) is 0 Å². The normalized spacial score (nSPS) is 11.2. The molecular formula is C21H24NO5-. The van der Waals surface area contributed by atoms with Crippen LogP contribution in [-0.4, -0.2) is 30.5 Å². The SMILES string of the molecule is COc1ccc(/C=C/C(=O)c2c(C)[nH]c(C(=O)[O-])c2C)cc1OCC(C)C. The van der Waals surface area contributed by atoms with Crippen LogP contribution in [0.15, 0.2) is 24.3 Å². The third kappa shape index (κ3) is 4.78. The molecule has 1 aromatic heterocycles. The van der Waals surface area contributed by atoms with E-state index in [1.165, 1.54) is 6.08 Å². The molecule has 0 spiro atoms. The number of rotatable bonds is 8. The number of aromatic carboxylic acids is 1. The number of hydrogen-bond acceptors (Lipinski definition) is 5. The molecule has 1 heterocycles. The molecule has 0 atom stereocenters. The first kappa shape index (κ1) is 20.3. The zero-order valence-corrected chi connectivity index (χ0v) is 16.2. The van der Waals surface area contributed by atoms with Crippen molar-refractivity contribution in [2.24, 2.45) is 5.92 Å². The maximum Gasteiger partial charge on any atom is 0.187 e. The summed E-state index contributed by atoms with van der Waals surface area (Å²) in [4.78, 5) is 26.3. The lowest BCUT2D eigenvalue weighted by Crippen LogP contribution is -2.23. The number of allylic oxidation sites excluding steroid dienone is 1. The predicted octanol–water partition coefficient (Wildman–Crippen LogP) is 2.93. The first-order valence-corrected chi connectivity index (χ1v) is 8.68. The van der Waals surface area contributed by atoms with E-state index in [9.17, 15) is 14.7 Å². The Balaban J connectivity index is 2.26. The number of aryl methyl sites for hydroxylation is 1. The molecule has 0 unspecified atom stereocenters. The largest absolute Gasteiger partial charge is 0.543 e. The van der Waals surface area contributed by atoms with Gasteiger partial charge in [0.1, 0.15) is 0 Å². The summed E-state index contributed by atoms with van der Waals surface area (Å²) in [7, 11) is 1.57. The van der Waals surface area contributed by atoms with Gasteiger partial charge in [0.25, 0.3) is 0 Å². The number of aromatic amines is 1. The van der Waals surface area contributed by atoms with Gasteiger partial charge in [-0.3, -0.25) is 4.79 Å². The number of carbonyl (C=O) groups is 2. The third-order valence-electron chi connectivity index (χ3n) is 4.08.